The Labute approximate surface area is 155 Å². The third kappa shape index (κ3) is 3.65. The Morgan fingerprint density at radius 3 is 2.62 bits per heavy atom. The summed E-state index contributed by atoms with van der Waals surface area (Å²) in [5, 5.41) is 11.8. The lowest BCUT2D eigenvalue weighted by Crippen LogP contribution is -2.28. The summed E-state index contributed by atoms with van der Waals surface area (Å²) < 4.78 is 11.4. The molecule has 2 aromatic carbocycles. The van der Waals surface area contributed by atoms with E-state index >= 15 is 0 Å². The molecule has 2 aromatic rings. The van der Waals surface area contributed by atoms with Crippen LogP contribution < -0.4 is 4.74 Å². The fourth-order valence-electron chi connectivity index (χ4n) is 3.21. The van der Waals surface area contributed by atoms with Gasteiger partial charge >= 0.3 is 5.97 Å². The van der Waals surface area contributed by atoms with E-state index in [1.165, 1.54) is 0 Å². The number of nitro groups is 1. The van der Waals surface area contributed by atoms with Gasteiger partial charge in [0.2, 0.25) is 6.54 Å². The summed E-state index contributed by atoms with van der Waals surface area (Å²) in [6.45, 7) is 3.05. The number of hydrogen-bond donors (Lipinski definition) is 0. The summed E-state index contributed by atoms with van der Waals surface area (Å²) in [5.41, 5.74) is 1.09. The molecule has 1 heterocycles. The minimum Gasteiger partial charge on any atom is -0.462 e. The molecule has 7 heteroatoms. The number of para-hydroxylation sites is 1. The lowest BCUT2D eigenvalue weighted by atomic mass is 9.81. The van der Waals surface area contributed by atoms with Crippen molar-refractivity contribution in [1.29, 1.82) is 0 Å². The molecule has 0 aromatic heterocycles. The number of carbonyl (C=O) groups excluding carboxylic acids is 1. The fraction of sp³-hybridized carbons (Fsp3) is 0.316. The zero-order valence-electron chi connectivity index (χ0n) is 14.3. The predicted octanol–water partition coefficient (Wildman–Crippen LogP) is 4.54. The maximum atomic E-state index is 12.9. The molecule has 0 radical (unpaired) electrons. The average molecular weight is 376 g/mol. The minimum atomic E-state index is -0.889. The van der Waals surface area contributed by atoms with E-state index in [2.05, 4.69) is 0 Å². The summed E-state index contributed by atoms with van der Waals surface area (Å²) in [6.07, 6.45) is -0.346. The Bertz CT molecular complexity index is 852. The van der Waals surface area contributed by atoms with Crippen molar-refractivity contribution in [1.82, 2.24) is 0 Å². The second-order valence-electron chi connectivity index (χ2n) is 6.41. The van der Waals surface area contributed by atoms with Crippen LogP contribution in [0.1, 0.15) is 36.8 Å². The molecule has 0 bridgehead atoms. The van der Waals surface area contributed by atoms with Gasteiger partial charge in [0, 0.05) is 21.1 Å². The monoisotopic (exact) mass is 375 g/mol. The van der Waals surface area contributed by atoms with Crippen molar-refractivity contribution in [3.8, 4) is 11.5 Å². The smallest absolute Gasteiger partial charge is 0.314 e. The van der Waals surface area contributed by atoms with E-state index in [1.54, 1.807) is 56.3 Å². The Morgan fingerprint density at radius 1 is 1.23 bits per heavy atom. The molecule has 0 N–H and O–H groups in total. The Kier molecular flexibility index (Phi) is 5.13. The van der Waals surface area contributed by atoms with Gasteiger partial charge in [0.1, 0.15) is 11.5 Å². The molecule has 0 amide bonds. The largest absolute Gasteiger partial charge is 0.462 e. The highest BCUT2D eigenvalue weighted by molar-refractivity contribution is 6.30. The van der Waals surface area contributed by atoms with Gasteiger partial charge in [0.25, 0.3) is 0 Å². The second kappa shape index (κ2) is 7.33. The Balaban J connectivity index is 2.22. The van der Waals surface area contributed by atoms with Crippen molar-refractivity contribution in [3.63, 3.8) is 0 Å². The zero-order chi connectivity index (χ0) is 18.8. The molecular weight excluding hydrogens is 358 g/mol. The minimum absolute atomic E-state index is 0.346. The Morgan fingerprint density at radius 2 is 1.92 bits per heavy atom. The average Bonchev–Trinajstić information content (AvgIpc) is 2.68. The molecule has 0 saturated carbocycles. The van der Waals surface area contributed by atoms with Crippen molar-refractivity contribution in [2.45, 2.75) is 31.8 Å². The molecule has 136 valence electrons. The molecular formula is C19H18ClNO5. The number of rotatable bonds is 4. The first-order valence-corrected chi connectivity index (χ1v) is 8.63. The van der Waals surface area contributed by atoms with E-state index in [0.29, 0.717) is 27.6 Å². The number of ether oxygens (including phenoxy) is 2. The molecule has 3 rings (SSSR count). The summed E-state index contributed by atoms with van der Waals surface area (Å²) in [5.74, 6) is -1.22. The number of hydrogen-bond acceptors (Lipinski definition) is 5. The fourth-order valence-corrected chi connectivity index (χ4v) is 3.39. The number of fused-ring (bicyclic) bond motifs is 2. The van der Waals surface area contributed by atoms with Gasteiger partial charge in [-0.15, -0.1) is 0 Å². The first kappa shape index (κ1) is 18.2. The number of nitrogens with zero attached hydrogens (tertiary/aromatic N) is 1. The molecule has 0 spiro atoms. The highest BCUT2D eigenvalue weighted by atomic mass is 35.5. The molecule has 1 aliphatic heterocycles. The number of halogens is 1. The van der Waals surface area contributed by atoms with Crippen LogP contribution in [-0.2, 0) is 9.53 Å². The molecule has 0 saturated heterocycles. The van der Waals surface area contributed by atoms with Crippen molar-refractivity contribution in [2.75, 3.05) is 6.54 Å². The SMILES string of the molecule is CC(C)OC(=O)[C@H]1c2cc(Cl)ccc2Oc2ccccc2[C@@H]1C[N+](=O)[O-]. The van der Waals surface area contributed by atoms with Crippen LogP contribution in [0.2, 0.25) is 5.02 Å². The standard InChI is InChI=1S/C19H18ClNO5/c1-11(2)25-19(22)18-14-9-12(20)7-8-17(14)26-16-6-4-3-5-13(16)15(18)10-21(23)24/h3-9,11,15,18H,10H2,1-2H3/t15-,18-/m0/s1. The van der Waals surface area contributed by atoms with E-state index in [9.17, 15) is 14.9 Å². The molecule has 0 aliphatic carbocycles. The normalized spacial score (nSPS) is 18.3. The van der Waals surface area contributed by atoms with Crippen molar-refractivity contribution in [3.05, 3.63) is 68.7 Å². The quantitative estimate of drug-likeness (QED) is 0.445. The van der Waals surface area contributed by atoms with E-state index in [1.807, 2.05) is 0 Å². The van der Waals surface area contributed by atoms with Gasteiger partial charge in [0.05, 0.1) is 17.9 Å². The predicted molar refractivity (Wildman–Crippen MR) is 96.5 cm³/mol. The maximum absolute atomic E-state index is 12.9. The van der Waals surface area contributed by atoms with E-state index in [0.717, 1.165) is 0 Å². The van der Waals surface area contributed by atoms with Crippen LogP contribution in [0.5, 0.6) is 11.5 Å². The van der Waals surface area contributed by atoms with E-state index in [4.69, 9.17) is 21.1 Å². The van der Waals surface area contributed by atoms with Crippen LogP contribution in [-0.4, -0.2) is 23.5 Å². The summed E-state index contributed by atoms with van der Waals surface area (Å²) in [4.78, 5) is 23.8. The molecule has 0 unspecified atom stereocenters. The lowest BCUT2D eigenvalue weighted by Gasteiger charge is -2.23. The van der Waals surface area contributed by atoms with Crippen LogP contribution in [0.25, 0.3) is 0 Å². The van der Waals surface area contributed by atoms with Crippen LogP contribution in [0.3, 0.4) is 0 Å². The van der Waals surface area contributed by atoms with E-state index < -0.39 is 29.3 Å². The lowest BCUT2D eigenvalue weighted by molar-refractivity contribution is -0.483. The van der Waals surface area contributed by atoms with Gasteiger partial charge in [-0.05, 0) is 38.1 Å². The van der Waals surface area contributed by atoms with Gasteiger partial charge in [-0.2, -0.15) is 0 Å². The molecule has 26 heavy (non-hydrogen) atoms. The Hall–Kier alpha value is -2.60. The van der Waals surface area contributed by atoms with Crippen molar-refractivity contribution < 1.29 is 19.2 Å². The number of esters is 1. The summed E-state index contributed by atoms with van der Waals surface area (Å²) >= 11 is 6.13. The van der Waals surface area contributed by atoms with Gasteiger partial charge in [-0.1, -0.05) is 29.8 Å². The second-order valence-corrected chi connectivity index (χ2v) is 6.84. The number of carbonyl (C=O) groups is 1. The van der Waals surface area contributed by atoms with Crippen LogP contribution >= 0.6 is 11.6 Å². The zero-order valence-corrected chi connectivity index (χ0v) is 15.1. The van der Waals surface area contributed by atoms with E-state index in [-0.39, 0.29) is 6.10 Å². The maximum Gasteiger partial charge on any atom is 0.314 e. The van der Waals surface area contributed by atoms with Crippen LogP contribution in [0, 0.1) is 10.1 Å². The van der Waals surface area contributed by atoms with Crippen LogP contribution in [0.4, 0.5) is 0 Å². The first-order valence-electron chi connectivity index (χ1n) is 8.25. The van der Waals surface area contributed by atoms with Crippen molar-refractivity contribution in [2.24, 2.45) is 0 Å². The topological polar surface area (TPSA) is 78.7 Å². The van der Waals surface area contributed by atoms with Gasteiger partial charge in [0.15, 0.2) is 0 Å². The molecule has 2 atom stereocenters. The van der Waals surface area contributed by atoms with Gasteiger partial charge < -0.3 is 9.47 Å². The first-order chi connectivity index (χ1) is 12.4. The highest BCUT2D eigenvalue weighted by Crippen LogP contribution is 2.47. The molecule has 6 nitrogen and oxygen atoms in total. The van der Waals surface area contributed by atoms with Gasteiger partial charge in [-0.25, -0.2) is 0 Å². The van der Waals surface area contributed by atoms with Crippen LogP contribution in [0.15, 0.2) is 42.5 Å². The summed E-state index contributed by atoms with van der Waals surface area (Å²) in [6, 6.07) is 12.0. The molecule has 1 aliphatic rings. The van der Waals surface area contributed by atoms with Gasteiger partial charge in [-0.3, -0.25) is 14.9 Å². The highest BCUT2D eigenvalue weighted by Gasteiger charge is 2.41. The molecule has 0 fully saturated rings. The van der Waals surface area contributed by atoms with Crippen molar-refractivity contribution >= 4 is 17.6 Å². The third-order valence-corrected chi connectivity index (χ3v) is 4.43. The summed E-state index contributed by atoms with van der Waals surface area (Å²) in [7, 11) is 0. The third-order valence-electron chi connectivity index (χ3n) is 4.20. The number of benzene rings is 2.